The van der Waals surface area contributed by atoms with Crippen molar-refractivity contribution < 1.29 is 24.5 Å². The number of carbonyl (C=O) groups is 2. The second kappa shape index (κ2) is 7.45. The van der Waals surface area contributed by atoms with Crippen molar-refractivity contribution in [3.05, 3.63) is 10.1 Å². The van der Waals surface area contributed by atoms with Crippen molar-refractivity contribution >= 4 is 41.4 Å². The van der Waals surface area contributed by atoms with E-state index in [-0.39, 0.29) is 17.2 Å². The Morgan fingerprint density at radius 2 is 2.30 bits per heavy atom. The van der Waals surface area contributed by atoms with Gasteiger partial charge in [-0.3, -0.25) is 15.1 Å². The normalized spacial score (nSPS) is 24.1. The minimum atomic E-state index is -1.47. The average molecular weight is 361 g/mol. The lowest BCUT2D eigenvalue weighted by Gasteiger charge is -2.43. The van der Waals surface area contributed by atoms with Gasteiger partial charge in [-0.05, 0) is 13.3 Å². The largest absolute Gasteiger partial charge is 0.512 e. The highest BCUT2D eigenvalue weighted by Gasteiger charge is 2.58. The molecule has 4 N–H and O–H groups in total. The minimum Gasteiger partial charge on any atom is -0.449 e. The molecule has 1 saturated heterocycles. The molecule has 0 unspecified atom stereocenters. The summed E-state index contributed by atoms with van der Waals surface area (Å²) in [6.07, 6.45) is -1.75. The van der Waals surface area contributed by atoms with Gasteiger partial charge < -0.3 is 20.3 Å². The summed E-state index contributed by atoms with van der Waals surface area (Å²) in [7, 11) is 0. The molecule has 128 valence electrons. The van der Waals surface area contributed by atoms with Gasteiger partial charge in [0.15, 0.2) is 0 Å². The lowest BCUT2D eigenvalue weighted by atomic mass is 9.91. The third-order valence-electron chi connectivity index (χ3n) is 3.45. The van der Waals surface area contributed by atoms with E-state index in [1.165, 1.54) is 28.4 Å². The molecule has 8 nitrogen and oxygen atoms in total. The number of thioether (sulfide) groups is 2. The molecule has 2 rings (SSSR count). The zero-order valence-corrected chi connectivity index (χ0v) is 14.4. The summed E-state index contributed by atoms with van der Waals surface area (Å²) in [4.78, 5) is 24.4. The number of amidine groups is 1. The quantitative estimate of drug-likeness (QED) is 0.177. The minimum absolute atomic E-state index is 0.0358. The molecule has 2 aliphatic heterocycles. The Morgan fingerprint density at radius 3 is 2.87 bits per heavy atom. The van der Waals surface area contributed by atoms with Crippen molar-refractivity contribution in [1.82, 2.24) is 10.2 Å². The molecule has 0 spiro atoms. The molecule has 1 fully saturated rings. The van der Waals surface area contributed by atoms with Crippen molar-refractivity contribution in [3.63, 3.8) is 0 Å². The predicted molar refractivity (Wildman–Crippen MR) is 88.0 cm³/mol. The van der Waals surface area contributed by atoms with E-state index in [9.17, 15) is 14.7 Å². The zero-order valence-electron chi connectivity index (χ0n) is 12.7. The van der Waals surface area contributed by atoms with E-state index in [1.54, 1.807) is 13.8 Å². The molecular formula is C13H19N3O5S2. The summed E-state index contributed by atoms with van der Waals surface area (Å²) in [6, 6.07) is 0. The van der Waals surface area contributed by atoms with E-state index in [0.717, 1.165) is 0 Å². The van der Waals surface area contributed by atoms with Crippen LogP contribution in [0.3, 0.4) is 0 Å². The third kappa shape index (κ3) is 3.75. The molecule has 2 aliphatic rings. The van der Waals surface area contributed by atoms with E-state index >= 15 is 0 Å². The van der Waals surface area contributed by atoms with Gasteiger partial charge in [0.25, 0.3) is 0 Å². The van der Waals surface area contributed by atoms with Gasteiger partial charge in [0.05, 0.1) is 17.9 Å². The van der Waals surface area contributed by atoms with Gasteiger partial charge in [0, 0.05) is 12.3 Å². The number of hydrogen-bond acceptors (Lipinski definition) is 7. The number of rotatable bonds is 7. The van der Waals surface area contributed by atoms with Crippen LogP contribution in [-0.4, -0.2) is 56.8 Å². The lowest BCUT2D eigenvalue weighted by Crippen LogP contribution is -2.60. The van der Waals surface area contributed by atoms with Crippen molar-refractivity contribution in [3.8, 4) is 0 Å². The molecule has 0 aliphatic carbocycles. The first-order valence-corrected chi connectivity index (χ1v) is 8.98. The fraction of sp³-hybridized carbons (Fsp3) is 0.615. The molecule has 0 bridgehead atoms. The highest BCUT2D eigenvalue weighted by molar-refractivity contribution is 8.22. The molecule has 10 heteroatoms. The number of carbonyl (C=O) groups excluding carboxylic acids is 1. The molecular weight excluding hydrogens is 342 g/mol. The molecule has 1 amide bonds. The maximum atomic E-state index is 12.2. The van der Waals surface area contributed by atoms with Crippen LogP contribution in [0.5, 0.6) is 0 Å². The van der Waals surface area contributed by atoms with Crippen molar-refractivity contribution in [1.29, 1.82) is 5.41 Å². The molecule has 23 heavy (non-hydrogen) atoms. The van der Waals surface area contributed by atoms with Gasteiger partial charge >= 0.3 is 6.16 Å². The second-order valence-corrected chi connectivity index (χ2v) is 7.57. The number of aliphatic hydroxyl groups is 1. The van der Waals surface area contributed by atoms with Crippen LogP contribution in [0.1, 0.15) is 20.3 Å². The van der Waals surface area contributed by atoms with Crippen LogP contribution in [0.2, 0.25) is 0 Å². The summed E-state index contributed by atoms with van der Waals surface area (Å²) < 4.78 is 5.40. The van der Waals surface area contributed by atoms with E-state index < -0.39 is 18.2 Å². The zero-order chi connectivity index (χ0) is 17.1. The maximum absolute atomic E-state index is 12.2. The summed E-state index contributed by atoms with van der Waals surface area (Å²) in [5, 5.41) is 28.7. The van der Waals surface area contributed by atoms with E-state index in [1.807, 2.05) is 0 Å². The first-order valence-electron chi connectivity index (χ1n) is 7.11. The predicted octanol–water partition coefficient (Wildman–Crippen LogP) is 1.43. The molecule has 0 aromatic rings. The van der Waals surface area contributed by atoms with Gasteiger partial charge in [0.1, 0.15) is 9.61 Å². The number of hydrogen-bond donors (Lipinski definition) is 4. The van der Waals surface area contributed by atoms with E-state index in [4.69, 9.17) is 15.3 Å². The maximum Gasteiger partial charge on any atom is 0.512 e. The monoisotopic (exact) mass is 361 g/mol. The Kier molecular flexibility index (Phi) is 5.82. The van der Waals surface area contributed by atoms with Crippen molar-refractivity contribution in [2.45, 2.75) is 31.7 Å². The van der Waals surface area contributed by atoms with Gasteiger partial charge in [-0.2, -0.15) is 0 Å². The van der Waals surface area contributed by atoms with Gasteiger partial charge in [-0.25, -0.2) is 4.79 Å². The number of ether oxygens (including phenoxy) is 1. The molecule has 2 heterocycles. The summed E-state index contributed by atoms with van der Waals surface area (Å²) in [5.74, 6) is 0.148. The fourth-order valence-electron chi connectivity index (χ4n) is 2.35. The summed E-state index contributed by atoms with van der Waals surface area (Å²) >= 11 is 2.71. The Hall–Kier alpha value is -1.39. The number of nitrogens with zero attached hydrogens (tertiary/aromatic N) is 1. The summed E-state index contributed by atoms with van der Waals surface area (Å²) in [5.41, 5.74) is 0. The van der Waals surface area contributed by atoms with Crippen LogP contribution in [0.15, 0.2) is 10.1 Å². The van der Waals surface area contributed by atoms with E-state index in [2.05, 4.69) is 5.32 Å². The van der Waals surface area contributed by atoms with Gasteiger partial charge in [0.2, 0.25) is 11.8 Å². The fourth-order valence-corrected chi connectivity index (χ4v) is 5.03. The van der Waals surface area contributed by atoms with Crippen molar-refractivity contribution in [2.24, 2.45) is 5.92 Å². The highest BCUT2D eigenvalue weighted by Crippen LogP contribution is 2.54. The number of β-lactam (4-membered cyclic amide) rings is 1. The first kappa shape index (κ1) is 18.0. The topological polar surface area (TPSA) is 123 Å². The molecule has 0 aromatic carbocycles. The van der Waals surface area contributed by atoms with Crippen LogP contribution in [0, 0.1) is 11.3 Å². The van der Waals surface area contributed by atoms with Crippen LogP contribution < -0.4 is 5.32 Å². The molecule has 0 radical (unpaired) electrons. The Labute approximate surface area is 142 Å². The van der Waals surface area contributed by atoms with Gasteiger partial charge in [-0.15, -0.1) is 11.8 Å². The first-order chi connectivity index (χ1) is 10.9. The smallest absolute Gasteiger partial charge is 0.449 e. The number of aliphatic hydroxyl groups excluding tert-OH is 1. The lowest BCUT2D eigenvalue weighted by molar-refractivity contribution is -0.156. The second-order valence-electron chi connectivity index (χ2n) is 5.08. The van der Waals surface area contributed by atoms with Crippen LogP contribution in [-0.2, 0) is 9.53 Å². The Balaban J connectivity index is 2.06. The standard InChI is InChI=1S/C13H19N3O5S2/c1-3-7(17)8-9(18)16-10(21-13(19)20)12(23-11(8)16)22-5-4-15-6(2)14/h7-8,11,17H,3-5H2,1-2H3,(H2,14,15)(H,19,20)/t7-,8+,11+/m0/s1. The SMILES string of the molecule is CC[C@H](O)[C@@H]1C(=O)N2C(OC(=O)O)=C(SCCNC(C)=N)S[C@H]12. The Morgan fingerprint density at radius 1 is 1.61 bits per heavy atom. The third-order valence-corrected chi connectivity index (χ3v) is 6.07. The molecule has 0 saturated carbocycles. The van der Waals surface area contributed by atoms with Gasteiger partial charge in [-0.1, -0.05) is 18.7 Å². The van der Waals surface area contributed by atoms with Crippen LogP contribution in [0.25, 0.3) is 0 Å². The number of carboxylic acid groups (broad SMARTS) is 1. The molecule has 0 aromatic heterocycles. The Bertz CT molecular complexity index is 554. The number of nitrogens with one attached hydrogen (secondary N) is 2. The van der Waals surface area contributed by atoms with E-state index in [0.29, 0.717) is 28.8 Å². The van der Waals surface area contributed by atoms with Crippen LogP contribution in [0.4, 0.5) is 4.79 Å². The van der Waals surface area contributed by atoms with Crippen molar-refractivity contribution in [2.75, 3.05) is 12.3 Å². The highest BCUT2D eigenvalue weighted by atomic mass is 32.2. The van der Waals surface area contributed by atoms with Crippen LogP contribution >= 0.6 is 23.5 Å². The number of amides is 1. The number of fused-ring (bicyclic) bond motifs is 1. The molecule has 3 atom stereocenters. The average Bonchev–Trinajstić information content (AvgIpc) is 2.76. The summed E-state index contributed by atoms with van der Waals surface area (Å²) in [6.45, 7) is 3.97.